The fourth-order valence-electron chi connectivity index (χ4n) is 5.13. The lowest BCUT2D eigenvalue weighted by Crippen LogP contribution is -2.53. The number of carbonyl (C=O) groups excluding carboxylic acids is 5. The van der Waals surface area contributed by atoms with Crippen molar-refractivity contribution in [3.8, 4) is 5.75 Å². The molecule has 256 valence electrons. The Morgan fingerprint density at radius 1 is 0.875 bits per heavy atom. The SMILES string of the molecule is CCOC(=O)N1CCN(C(=O)C(CCNC(=O)c2cc(OC(C(=O)OC)c3ccccc3)c3ccccc3n2)C(=O)OCC(C)C)CC1. The molecule has 3 amide bonds. The number of ether oxygens (including phenoxy) is 4. The summed E-state index contributed by atoms with van der Waals surface area (Å²) < 4.78 is 21.6. The zero-order valence-electron chi connectivity index (χ0n) is 27.7. The third kappa shape index (κ3) is 9.20. The number of methoxy groups -OCH3 is 1. The first-order valence-electron chi connectivity index (χ1n) is 16.0. The van der Waals surface area contributed by atoms with Crippen molar-refractivity contribution < 1.29 is 42.9 Å². The smallest absolute Gasteiger partial charge is 0.409 e. The largest absolute Gasteiger partial charge is 0.473 e. The molecule has 1 aliphatic heterocycles. The second-order valence-corrected chi connectivity index (χ2v) is 11.6. The first-order valence-corrected chi connectivity index (χ1v) is 16.0. The van der Waals surface area contributed by atoms with Crippen molar-refractivity contribution in [3.05, 3.63) is 71.9 Å². The fourth-order valence-corrected chi connectivity index (χ4v) is 5.13. The minimum atomic E-state index is -1.16. The molecule has 1 fully saturated rings. The van der Waals surface area contributed by atoms with E-state index in [2.05, 4.69) is 10.3 Å². The van der Waals surface area contributed by atoms with Crippen molar-refractivity contribution in [1.29, 1.82) is 0 Å². The van der Waals surface area contributed by atoms with Gasteiger partial charge in [0.25, 0.3) is 5.91 Å². The predicted octanol–water partition coefficient (Wildman–Crippen LogP) is 3.76. The lowest BCUT2D eigenvalue weighted by atomic mass is 10.0. The maximum absolute atomic E-state index is 13.5. The molecule has 3 aromatic rings. The third-order valence-electron chi connectivity index (χ3n) is 7.65. The van der Waals surface area contributed by atoms with Crippen LogP contribution in [0.25, 0.3) is 10.9 Å². The second-order valence-electron chi connectivity index (χ2n) is 11.6. The Hall–Kier alpha value is -5.20. The molecule has 0 aliphatic carbocycles. The van der Waals surface area contributed by atoms with Gasteiger partial charge in [0, 0.05) is 49.7 Å². The highest BCUT2D eigenvalue weighted by Gasteiger charge is 2.35. The average molecular weight is 663 g/mol. The molecule has 0 saturated carbocycles. The molecule has 1 aromatic heterocycles. The van der Waals surface area contributed by atoms with Gasteiger partial charge in [-0.3, -0.25) is 14.4 Å². The Morgan fingerprint density at radius 2 is 1.54 bits per heavy atom. The van der Waals surface area contributed by atoms with Crippen LogP contribution in [0.15, 0.2) is 60.7 Å². The lowest BCUT2D eigenvalue weighted by molar-refractivity contribution is -0.157. The van der Waals surface area contributed by atoms with E-state index in [1.807, 2.05) is 19.9 Å². The summed E-state index contributed by atoms with van der Waals surface area (Å²) in [6, 6.07) is 17.3. The molecule has 2 aromatic carbocycles. The molecular formula is C35H42N4O9. The summed E-state index contributed by atoms with van der Waals surface area (Å²) in [6.07, 6.45) is -1.56. The standard InChI is InChI=1S/C35H42N4O9/c1-5-46-35(44)39-19-17-38(18-20-39)32(41)26(33(42)47-22-23(2)3)15-16-36-31(40)28-21-29(25-13-9-10-14-27(25)37-28)48-30(34(43)45-4)24-11-7-6-8-12-24/h6-14,21,23,26,30H,5,15-20,22H2,1-4H3,(H,36,40). The first-order chi connectivity index (χ1) is 23.1. The van der Waals surface area contributed by atoms with Gasteiger partial charge in [0.1, 0.15) is 17.4 Å². The number of nitrogens with one attached hydrogen (secondary N) is 1. The molecule has 48 heavy (non-hydrogen) atoms. The van der Waals surface area contributed by atoms with Crippen LogP contribution in [0.4, 0.5) is 4.79 Å². The van der Waals surface area contributed by atoms with Crippen molar-refractivity contribution in [2.24, 2.45) is 11.8 Å². The van der Waals surface area contributed by atoms with Gasteiger partial charge in [0.05, 0.1) is 25.8 Å². The topological polar surface area (TPSA) is 154 Å². The highest BCUT2D eigenvalue weighted by molar-refractivity contribution is 5.99. The normalized spacial score (nSPS) is 14.2. The number of hydrogen-bond donors (Lipinski definition) is 1. The van der Waals surface area contributed by atoms with Gasteiger partial charge < -0.3 is 34.1 Å². The number of hydrogen-bond acceptors (Lipinski definition) is 10. The predicted molar refractivity (Wildman–Crippen MR) is 175 cm³/mol. The molecule has 2 unspecified atom stereocenters. The fraction of sp³-hybridized carbons (Fsp3) is 0.429. The molecule has 13 heteroatoms. The van der Waals surface area contributed by atoms with Crippen LogP contribution >= 0.6 is 0 Å². The van der Waals surface area contributed by atoms with Crippen LogP contribution in [-0.2, 0) is 28.6 Å². The summed E-state index contributed by atoms with van der Waals surface area (Å²) in [6.45, 7) is 6.87. The number of amides is 3. The molecule has 2 atom stereocenters. The van der Waals surface area contributed by atoms with Gasteiger partial charge in [0.2, 0.25) is 12.0 Å². The molecular weight excluding hydrogens is 620 g/mol. The van der Waals surface area contributed by atoms with Gasteiger partial charge in [-0.25, -0.2) is 14.6 Å². The van der Waals surface area contributed by atoms with E-state index in [9.17, 15) is 24.0 Å². The number of rotatable bonds is 13. The van der Waals surface area contributed by atoms with E-state index in [0.29, 0.717) is 16.5 Å². The molecule has 0 bridgehead atoms. The number of esters is 2. The zero-order valence-corrected chi connectivity index (χ0v) is 27.7. The summed E-state index contributed by atoms with van der Waals surface area (Å²) in [5.74, 6) is -3.14. The van der Waals surface area contributed by atoms with Crippen molar-refractivity contribution >= 4 is 40.7 Å². The van der Waals surface area contributed by atoms with Crippen LogP contribution in [0.3, 0.4) is 0 Å². The number of carbonyl (C=O) groups is 5. The third-order valence-corrected chi connectivity index (χ3v) is 7.65. The number of nitrogens with zero attached hydrogens (tertiary/aromatic N) is 3. The van der Waals surface area contributed by atoms with Gasteiger partial charge in [-0.1, -0.05) is 56.3 Å². The number of piperazine rings is 1. The summed E-state index contributed by atoms with van der Waals surface area (Å²) in [5, 5.41) is 3.34. The minimum Gasteiger partial charge on any atom is -0.473 e. The van der Waals surface area contributed by atoms with Crippen molar-refractivity contribution in [3.63, 3.8) is 0 Å². The number of pyridine rings is 1. The van der Waals surface area contributed by atoms with E-state index in [-0.39, 0.29) is 69.7 Å². The van der Waals surface area contributed by atoms with E-state index in [1.165, 1.54) is 23.0 Å². The van der Waals surface area contributed by atoms with Gasteiger partial charge in [-0.2, -0.15) is 0 Å². The second kappa shape index (κ2) is 17.1. The first kappa shape index (κ1) is 35.7. The van der Waals surface area contributed by atoms with E-state index in [1.54, 1.807) is 55.5 Å². The van der Waals surface area contributed by atoms with Crippen molar-refractivity contribution in [2.75, 3.05) is 53.0 Å². The molecule has 4 rings (SSSR count). The van der Waals surface area contributed by atoms with Crippen molar-refractivity contribution in [1.82, 2.24) is 20.1 Å². The maximum Gasteiger partial charge on any atom is 0.409 e. The van der Waals surface area contributed by atoms with Gasteiger partial charge >= 0.3 is 18.0 Å². The number of para-hydroxylation sites is 1. The molecule has 1 saturated heterocycles. The number of fused-ring (bicyclic) bond motifs is 1. The van der Waals surface area contributed by atoms with E-state index < -0.39 is 41.9 Å². The molecule has 0 spiro atoms. The molecule has 0 radical (unpaired) electrons. The molecule has 2 heterocycles. The minimum absolute atomic E-state index is 0.0146. The van der Waals surface area contributed by atoms with Crippen LogP contribution in [0.5, 0.6) is 5.75 Å². The lowest BCUT2D eigenvalue weighted by Gasteiger charge is -2.35. The van der Waals surface area contributed by atoms with Crippen LogP contribution < -0.4 is 10.1 Å². The molecule has 1 aliphatic rings. The Morgan fingerprint density at radius 3 is 2.21 bits per heavy atom. The number of aromatic nitrogens is 1. The summed E-state index contributed by atoms with van der Waals surface area (Å²) >= 11 is 0. The Balaban J connectivity index is 1.49. The van der Waals surface area contributed by atoms with Crippen LogP contribution in [0.1, 0.15) is 49.3 Å². The van der Waals surface area contributed by atoms with Crippen molar-refractivity contribution in [2.45, 2.75) is 33.3 Å². The van der Waals surface area contributed by atoms with Gasteiger partial charge in [0.15, 0.2) is 0 Å². The van der Waals surface area contributed by atoms with E-state index in [4.69, 9.17) is 18.9 Å². The van der Waals surface area contributed by atoms with Crippen LogP contribution in [0, 0.1) is 11.8 Å². The number of benzene rings is 2. The zero-order chi connectivity index (χ0) is 34.6. The van der Waals surface area contributed by atoms with E-state index in [0.717, 1.165) is 0 Å². The Kier molecular flexibility index (Phi) is 12.7. The monoisotopic (exact) mass is 662 g/mol. The van der Waals surface area contributed by atoms with Gasteiger partial charge in [-0.05, 0) is 31.4 Å². The van der Waals surface area contributed by atoms with Gasteiger partial charge in [-0.15, -0.1) is 0 Å². The Labute approximate surface area is 279 Å². The highest BCUT2D eigenvalue weighted by Crippen LogP contribution is 2.31. The summed E-state index contributed by atoms with van der Waals surface area (Å²) in [4.78, 5) is 72.4. The summed E-state index contributed by atoms with van der Waals surface area (Å²) in [5.41, 5.74) is 1.04. The average Bonchev–Trinajstić information content (AvgIpc) is 3.11. The Bertz CT molecular complexity index is 1590. The maximum atomic E-state index is 13.5. The van der Waals surface area contributed by atoms with E-state index >= 15 is 0 Å². The highest BCUT2D eigenvalue weighted by atomic mass is 16.6. The quantitative estimate of drug-likeness (QED) is 0.163. The summed E-state index contributed by atoms with van der Waals surface area (Å²) in [7, 11) is 1.27. The van der Waals surface area contributed by atoms with Crippen LogP contribution in [-0.4, -0.2) is 97.7 Å². The van der Waals surface area contributed by atoms with Crippen LogP contribution in [0.2, 0.25) is 0 Å². The molecule has 1 N–H and O–H groups in total. The molecule has 13 nitrogen and oxygen atoms in total.